The molecule has 2 unspecified atom stereocenters. The summed E-state index contributed by atoms with van der Waals surface area (Å²) in [4.78, 5) is 29.7. The second kappa shape index (κ2) is 9.87. The van der Waals surface area contributed by atoms with Gasteiger partial charge >= 0.3 is 18.2 Å². The number of carbonyl (C=O) groups is 2. The highest BCUT2D eigenvalue weighted by Gasteiger charge is 2.45. The van der Waals surface area contributed by atoms with E-state index < -0.39 is 24.3 Å². The summed E-state index contributed by atoms with van der Waals surface area (Å²) >= 11 is 0. The van der Waals surface area contributed by atoms with Crippen LogP contribution in [0.15, 0.2) is 18.2 Å². The molecule has 10 heteroatoms. The van der Waals surface area contributed by atoms with Gasteiger partial charge in [0.2, 0.25) is 0 Å². The number of hydrogen-bond acceptors (Lipinski definition) is 5. The summed E-state index contributed by atoms with van der Waals surface area (Å²) < 4.78 is 43.0. The number of carboxylic acids is 1. The van der Waals surface area contributed by atoms with Gasteiger partial charge in [-0.05, 0) is 69.7 Å². The fourth-order valence-electron chi connectivity index (χ4n) is 5.69. The lowest BCUT2D eigenvalue weighted by atomic mass is 9.84. The van der Waals surface area contributed by atoms with E-state index in [1.54, 1.807) is 0 Å². The topological polar surface area (TPSA) is 73.3 Å². The highest BCUT2D eigenvalue weighted by Crippen LogP contribution is 2.41. The average molecular weight is 498 g/mol. The number of hydrogen-bond donors (Lipinski definition) is 1. The van der Waals surface area contributed by atoms with E-state index in [4.69, 9.17) is 0 Å². The van der Waals surface area contributed by atoms with Gasteiger partial charge in [0, 0.05) is 44.0 Å². The number of halogens is 3. The molecule has 2 atom stereocenters. The predicted molar refractivity (Wildman–Crippen MR) is 124 cm³/mol. The molecule has 7 nitrogen and oxygen atoms in total. The zero-order valence-corrected chi connectivity index (χ0v) is 20.3. The minimum atomic E-state index is -4.57. The zero-order valence-electron chi connectivity index (χ0n) is 20.3. The molecule has 35 heavy (non-hydrogen) atoms. The smallest absolute Gasteiger partial charge is 0.425 e. The van der Waals surface area contributed by atoms with Crippen LogP contribution in [-0.2, 0) is 16.1 Å². The summed E-state index contributed by atoms with van der Waals surface area (Å²) in [6, 6.07) is 6.32. The minimum Gasteiger partial charge on any atom is -0.481 e. The Bertz CT molecular complexity index is 946. The maximum Gasteiger partial charge on any atom is 0.425 e. The molecule has 3 saturated heterocycles. The number of aliphatic carboxylic acids is 1. The summed E-state index contributed by atoms with van der Waals surface area (Å²) in [7, 11) is 0. The number of carboxylic acid groups (broad SMARTS) is 1. The number of benzene rings is 1. The van der Waals surface area contributed by atoms with E-state index in [2.05, 4.69) is 32.7 Å². The van der Waals surface area contributed by atoms with Crippen molar-refractivity contribution in [1.29, 1.82) is 0 Å². The van der Waals surface area contributed by atoms with Crippen LogP contribution in [0.3, 0.4) is 0 Å². The van der Waals surface area contributed by atoms with Crippen LogP contribution >= 0.6 is 0 Å². The van der Waals surface area contributed by atoms with E-state index in [0.717, 1.165) is 49.7 Å². The Balaban J connectivity index is 1.43. The second-order valence-electron chi connectivity index (χ2n) is 10.2. The van der Waals surface area contributed by atoms with Crippen molar-refractivity contribution in [1.82, 2.24) is 9.80 Å². The summed E-state index contributed by atoms with van der Waals surface area (Å²) in [5, 5.41) is 9.42. The lowest BCUT2D eigenvalue weighted by Gasteiger charge is -2.45. The van der Waals surface area contributed by atoms with Crippen molar-refractivity contribution >= 4 is 17.7 Å². The third kappa shape index (κ3) is 5.52. The lowest BCUT2D eigenvalue weighted by Crippen LogP contribution is -2.53. The molecule has 1 aromatic carbocycles. The van der Waals surface area contributed by atoms with Crippen LogP contribution < -0.4 is 4.90 Å². The summed E-state index contributed by atoms with van der Waals surface area (Å²) in [6.45, 7) is 6.47. The molecule has 1 aromatic rings. The Morgan fingerprint density at radius 2 is 1.89 bits per heavy atom. The molecule has 0 bridgehead atoms. The van der Waals surface area contributed by atoms with Crippen LogP contribution in [0, 0.1) is 12.8 Å². The molecule has 0 saturated carbocycles. The SMILES string of the molecule is Cc1ccc(CN2CCCC23CCN(C(=O)OC(C)C(F)(F)F)CC3)c(N2CCC(C(=O)O)C2)c1. The second-order valence-corrected chi connectivity index (χ2v) is 10.2. The van der Waals surface area contributed by atoms with Crippen molar-refractivity contribution < 1.29 is 32.6 Å². The van der Waals surface area contributed by atoms with Gasteiger partial charge in [0.1, 0.15) is 0 Å². The van der Waals surface area contributed by atoms with Gasteiger partial charge < -0.3 is 19.6 Å². The Hall–Kier alpha value is -2.49. The zero-order chi connectivity index (χ0) is 25.4. The number of amides is 1. The summed E-state index contributed by atoms with van der Waals surface area (Å²) in [5.74, 6) is -1.11. The fraction of sp³-hybridized carbons (Fsp3) is 0.680. The van der Waals surface area contributed by atoms with E-state index >= 15 is 0 Å². The van der Waals surface area contributed by atoms with Gasteiger partial charge in [-0.1, -0.05) is 12.1 Å². The largest absolute Gasteiger partial charge is 0.481 e. The Morgan fingerprint density at radius 1 is 1.17 bits per heavy atom. The van der Waals surface area contributed by atoms with Gasteiger partial charge in [0.25, 0.3) is 0 Å². The molecular weight excluding hydrogens is 463 g/mol. The molecular formula is C25H34F3N3O4. The van der Waals surface area contributed by atoms with Crippen molar-refractivity contribution in [3.05, 3.63) is 29.3 Å². The monoisotopic (exact) mass is 497 g/mol. The number of piperidine rings is 1. The highest BCUT2D eigenvalue weighted by atomic mass is 19.4. The number of anilines is 1. The first-order chi connectivity index (χ1) is 16.5. The molecule has 1 N–H and O–H groups in total. The molecule has 0 radical (unpaired) electrons. The molecule has 0 aliphatic carbocycles. The number of nitrogens with zero attached hydrogens (tertiary/aromatic N) is 3. The van der Waals surface area contributed by atoms with Crippen LogP contribution in [0.5, 0.6) is 0 Å². The fourth-order valence-corrected chi connectivity index (χ4v) is 5.69. The van der Waals surface area contributed by atoms with E-state index in [0.29, 0.717) is 45.4 Å². The van der Waals surface area contributed by atoms with Crippen LogP contribution in [0.25, 0.3) is 0 Å². The van der Waals surface area contributed by atoms with Crippen LogP contribution in [0.1, 0.15) is 50.2 Å². The highest BCUT2D eigenvalue weighted by molar-refractivity contribution is 5.72. The Kier molecular flexibility index (Phi) is 7.22. The third-order valence-corrected chi connectivity index (χ3v) is 7.91. The normalized spacial score (nSPS) is 23.6. The first kappa shape index (κ1) is 25.6. The summed E-state index contributed by atoms with van der Waals surface area (Å²) in [5.41, 5.74) is 3.27. The standard InChI is InChI=1S/C25H34F3N3O4/c1-17-4-5-19(21(14-17)30-11-6-20(15-30)22(32)33)16-31-10-3-7-24(31)8-12-29(13-9-24)23(34)35-18(2)25(26,27)28/h4-5,14,18,20H,3,6-13,15-16H2,1-2H3,(H,32,33). The minimum absolute atomic E-state index is 0.0941. The number of carbonyl (C=O) groups excluding carboxylic acids is 1. The van der Waals surface area contributed by atoms with E-state index in [1.807, 2.05) is 6.92 Å². The molecule has 3 fully saturated rings. The maximum atomic E-state index is 12.8. The van der Waals surface area contributed by atoms with Crippen molar-refractivity contribution in [3.63, 3.8) is 0 Å². The van der Waals surface area contributed by atoms with Crippen LogP contribution in [-0.4, -0.2) is 77.5 Å². The van der Waals surface area contributed by atoms with Gasteiger partial charge in [0.05, 0.1) is 5.92 Å². The molecule has 194 valence electrons. The van der Waals surface area contributed by atoms with Gasteiger partial charge in [-0.3, -0.25) is 9.69 Å². The number of likely N-dealkylation sites (tertiary alicyclic amines) is 2. The first-order valence-corrected chi connectivity index (χ1v) is 12.3. The van der Waals surface area contributed by atoms with Crippen molar-refractivity contribution in [2.45, 2.75) is 70.3 Å². The van der Waals surface area contributed by atoms with Crippen LogP contribution in [0.2, 0.25) is 0 Å². The quantitative estimate of drug-likeness (QED) is 0.649. The van der Waals surface area contributed by atoms with Gasteiger partial charge in [-0.2, -0.15) is 13.2 Å². The van der Waals surface area contributed by atoms with Gasteiger partial charge in [0.15, 0.2) is 6.10 Å². The third-order valence-electron chi connectivity index (χ3n) is 7.91. The summed E-state index contributed by atoms with van der Waals surface area (Å²) in [6.07, 6.45) is -3.57. The molecule has 1 amide bonds. The molecule has 3 aliphatic heterocycles. The van der Waals surface area contributed by atoms with Gasteiger partial charge in [-0.25, -0.2) is 4.79 Å². The first-order valence-electron chi connectivity index (χ1n) is 12.3. The molecule has 3 heterocycles. The van der Waals surface area contributed by atoms with Crippen LogP contribution in [0.4, 0.5) is 23.7 Å². The number of ether oxygens (including phenoxy) is 1. The molecule has 3 aliphatic rings. The number of rotatable bonds is 5. The van der Waals surface area contributed by atoms with Crippen molar-refractivity contribution in [3.8, 4) is 0 Å². The van der Waals surface area contributed by atoms with Crippen molar-refractivity contribution in [2.75, 3.05) is 37.6 Å². The average Bonchev–Trinajstić information content (AvgIpc) is 3.43. The maximum absolute atomic E-state index is 12.8. The van der Waals surface area contributed by atoms with Crippen molar-refractivity contribution in [2.24, 2.45) is 5.92 Å². The van der Waals surface area contributed by atoms with Gasteiger partial charge in [-0.15, -0.1) is 0 Å². The van der Waals surface area contributed by atoms with E-state index in [-0.39, 0.29) is 11.5 Å². The molecule has 4 rings (SSSR count). The van der Waals surface area contributed by atoms with E-state index in [1.165, 1.54) is 4.90 Å². The molecule has 1 spiro atoms. The number of aryl methyl sites for hydroxylation is 1. The lowest BCUT2D eigenvalue weighted by molar-refractivity contribution is -0.200. The van der Waals surface area contributed by atoms with E-state index in [9.17, 15) is 27.9 Å². The number of alkyl halides is 3. The predicted octanol–water partition coefficient (Wildman–Crippen LogP) is 4.42. The Labute approximate surface area is 203 Å². The Morgan fingerprint density at radius 3 is 2.51 bits per heavy atom. The molecule has 0 aromatic heterocycles.